The lowest BCUT2D eigenvalue weighted by Gasteiger charge is -2.10. The standard InChI is InChI=1S/C9H12FNO2S/c1-6(11)8-5-7(10)3-4-9(8)14(2,12)13/h3-6H,11H2,1-2H3/t6-/m1/s1. The van der Waals surface area contributed by atoms with Gasteiger partial charge in [0.15, 0.2) is 9.84 Å². The zero-order valence-electron chi connectivity index (χ0n) is 7.99. The molecule has 0 aromatic heterocycles. The zero-order chi connectivity index (χ0) is 10.9. The van der Waals surface area contributed by atoms with Crippen molar-refractivity contribution in [2.24, 2.45) is 5.73 Å². The monoisotopic (exact) mass is 217 g/mol. The van der Waals surface area contributed by atoms with E-state index in [0.29, 0.717) is 5.56 Å². The molecule has 0 heterocycles. The maximum Gasteiger partial charge on any atom is 0.175 e. The molecule has 78 valence electrons. The van der Waals surface area contributed by atoms with Crippen LogP contribution in [0.5, 0.6) is 0 Å². The smallest absolute Gasteiger partial charge is 0.175 e. The largest absolute Gasteiger partial charge is 0.324 e. The van der Waals surface area contributed by atoms with E-state index >= 15 is 0 Å². The summed E-state index contributed by atoms with van der Waals surface area (Å²) in [4.78, 5) is 0.0916. The van der Waals surface area contributed by atoms with Crippen LogP contribution in [-0.4, -0.2) is 14.7 Å². The van der Waals surface area contributed by atoms with E-state index in [0.717, 1.165) is 18.4 Å². The Balaban J connectivity index is 3.45. The number of nitrogens with two attached hydrogens (primary N) is 1. The van der Waals surface area contributed by atoms with Gasteiger partial charge in [-0.15, -0.1) is 0 Å². The molecular formula is C9H12FNO2S. The molecule has 0 unspecified atom stereocenters. The summed E-state index contributed by atoms with van der Waals surface area (Å²) in [5.41, 5.74) is 5.86. The summed E-state index contributed by atoms with van der Waals surface area (Å²) < 4.78 is 35.4. The first-order chi connectivity index (χ1) is 6.32. The third-order valence-corrected chi connectivity index (χ3v) is 3.03. The summed E-state index contributed by atoms with van der Waals surface area (Å²) in [5, 5.41) is 0. The van der Waals surface area contributed by atoms with Crippen molar-refractivity contribution in [1.82, 2.24) is 0 Å². The summed E-state index contributed by atoms with van der Waals surface area (Å²) in [5.74, 6) is -0.482. The number of sulfone groups is 1. The molecule has 0 saturated heterocycles. The van der Waals surface area contributed by atoms with Crippen molar-refractivity contribution in [1.29, 1.82) is 0 Å². The van der Waals surface area contributed by atoms with Gasteiger partial charge in [0, 0.05) is 12.3 Å². The van der Waals surface area contributed by atoms with Crippen molar-refractivity contribution >= 4 is 9.84 Å². The van der Waals surface area contributed by atoms with Crippen molar-refractivity contribution in [3.05, 3.63) is 29.6 Å². The van der Waals surface area contributed by atoms with Gasteiger partial charge in [0.2, 0.25) is 0 Å². The molecule has 1 aromatic rings. The second-order valence-corrected chi connectivity index (χ2v) is 5.23. The quantitative estimate of drug-likeness (QED) is 0.758. The average molecular weight is 217 g/mol. The third-order valence-electron chi connectivity index (χ3n) is 1.86. The van der Waals surface area contributed by atoms with Crippen LogP contribution in [0.15, 0.2) is 23.1 Å². The molecule has 2 N–H and O–H groups in total. The molecule has 0 aliphatic rings. The van der Waals surface area contributed by atoms with Gasteiger partial charge in [-0.3, -0.25) is 0 Å². The van der Waals surface area contributed by atoms with Crippen LogP contribution in [0.4, 0.5) is 4.39 Å². The predicted molar refractivity (Wildman–Crippen MR) is 52.1 cm³/mol. The Bertz CT molecular complexity index is 440. The van der Waals surface area contributed by atoms with Crippen LogP contribution in [0.1, 0.15) is 18.5 Å². The van der Waals surface area contributed by atoms with E-state index in [2.05, 4.69) is 0 Å². The molecule has 0 fully saturated rings. The summed E-state index contributed by atoms with van der Waals surface area (Å²) in [6.07, 6.45) is 1.08. The second-order valence-electron chi connectivity index (χ2n) is 3.24. The maximum absolute atomic E-state index is 12.8. The Morgan fingerprint density at radius 3 is 2.43 bits per heavy atom. The fraction of sp³-hybridized carbons (Fsp3) is 0.333. The van der Waals surface area contributed by atoms with Gasteiger partial charge in [-0.05, 0) is 30.7 Å². The van der Waals surface area contributed by atoms with Gasteiger partial charge < -0.3 is 5.73 Å². The maximum atomic E-state index is 12.8. The van der Waals surface area contributed by atoms with E-state index in [1.165, 1.54) is 6.07 Å². The fourth-order valence-corrected chi connectivity index (χ4v) is 2.20. The Labute approximate surface area is 82.7 Å². The first-order valence-corrected chi connectivity index (χ1v) is 5.96. The molecule has 14 heavy (non-hydrogen) atoms. The van der Waals surface area contributed by atoms with E-state index in [1.807, 2.05) is 0 Å². The Hall–Kier alpha value is -0.940. The highest BCUT2D eigenvalue weighted by atomic mass is 32.2. The summed E-state index contributed by atoms with van der Waals surface area (Å²) in [7, 11) is -3.34. The summed E-state index contributed by atoms with van der Waals surface area (Å²) >= 11 is 0. The van der Waals surface area contributed by atoms with E-state index in [1.54, 1.807) is 6.92 Å². The van der Waals surface area contributed by atoms with Crippen molar-refractivity contribution in [3.8, 4) is 0 Å². The minimum absolute atomic E-state index is 0.0916. The van der Waals surface area contributed by atoms with Crippen LogP contribution >= 0.6 is 0 Å². The van der Waals surface area contributed by atoms with Crippen molar-refractivity contribution in [2.45, 2.75) is 17.9 Å². The lowest BCUT2D eigenvalue weighted by Crippen LogP contribution is -2.11. The van der Waals surface area contributed by atoms with Crippen molar-refractivity contribution < 1.29 is 12.8 Å². The van der Waals surface area contributed by atoms with Crippen LogP contribution in [-0.2, 0) is 9.84 Å². The SMILES string of the molecule is C[C@@H](N)c1cc(F)ccc1S(C)(=O)=O. The lowest BCUT2D eigenvalue weighted by atomic mass is 10.1. The van der Waals surface area contributed by atoms with Crippen LogP contribution < -0.4 is 5.73 Å². The lowest BCUT2D eigenvalue weighted by molar-refractivity contribution is 0.595. The van der Waals surface area contributed by atoms with Crippen LogP contribution in [0.25, 0.3) is 0 Å². The third kappa shape index (κ3) is 2.30. The van der Waals surface area contributed by atoms with E-state index < -0.39 is 21.7 Å². The van der Waals surface area contributed by atoms with E-state index in [4.69, 9.17) is 5.73 Å². The highest BCUT2D eigenvalue weighted by Gasteiger charge is 2.16. The molecule has 0 radical (unpaired) electrons. The van der Waals surface area contributed by atoms with Gasteiger partial charge in [-0.2, -0.15) is 0 Å². The van der Waals surface area contributed by atoms with Crippen LogP contribution in [0.2, 0.25) is 0 Å². The topological polar surface area (TPSA) is 60.2 Å². The van der Waals surface area contributed by atoms with Gasteiger partial charge in [-0.1, -0.05) is 0 Å². The van der Waals surface area contributed by atoms with Gasteiger partial charge in [0.05, 0.1) is 4.90 Å². The second kappa shape index (κ2) is 3.67. The number of rotatable bonds is 2. The van der Waals surface area contributed by atoms with Crippen LogP contribution in [0.3, 0.4) is 0 Å². The summed E-state index contributed by atoms with van der Waals surface area (Å²) in [6, 6.07) is 3.00. The molecule has 0 spiro atoms. The molecule has 1 aromatic carbocycles. The first-order valence-electron chi connectivity index (χ1n) is 4.07. The average Bonchev–Trinajstić information content (AvgIpc) is 2.01. The van der Waals surface area contributed by atoms with Crippen molar-refractivity contribution in [3.63, 3.8) is 0 Å². The molecule has 1 atom stereocenters. The van der Waals surface area contributed by atoms with E-state index in [9.17, 15) is 12.8 Å². The van der Waals surface area contributed by atoms with Gasteiger partial charge in [-0.25, -0.2) is 12.8 Å². The normalized spacial score (nSPS) is 14.0. The molecule has 3 nitrogen and oxygen atoms in total. The minimum Gasteiger partial charge on any atom is -0.324 e. The zero-order valence-corrected chi connectivity index (χ0v) is 8.81. The molecule has 0 aliphatic carbocycles. The predicted octanol–water partition coefficient (Wildman–Crippen LogP) is 1.25. The van der Waals surface area contributed by atoms with Gasteiger partial charge in [0.1, 0.15) is 5.82 Å². The Kier molecular flexibility index (Phi) is 2.92. The minimum atomic E-state index is -3.34. The molecular weight excluding hydrogens is 205 g/mol. The van der Waals surface area contributed by atoms with Crippen LogP contribution in [0, 0.1) is 5.82 Å². The molecule has 5 heteroatoms. The van der Waals surface area contributed by atoms with Gasteiger partial charge >= 0.3 is 0 Å². The van der Waals surface area contributed by atoms with Crippen molar-refractivity contribution in [2.75, 3.05) is 6.26 Å². The highest BCUT2D eigenvalue weighted by molar-refractivity contribution is 7.90. The number of halogens is 1. The molecule has 0 amide bonds. The Morgan fingerprint density at radius 1 is 1.43 bits per heavy atom. The summed E-state index contributed by atoms with van der Waals surface area (Å²) in [6.45, 7) is 1.61. The first kappa shape index (κ1) is 11.1. The van der Waals surface area contributed by atoms with Gasteiger partial charge in [0.25, 0.3) is 0 Å². The number of hydrogen-bond acceptors (Lipinski definition) is 3. The fourth-order valence-electron chi connectivity index (χ4n) is 1.21. The molecule has 0 bridgehead atoms. The molecule has 0 saturated carbocycles. The molecule has 0 aliphatic heterocycles. The molecule has 1 rings (SSSR count). The van der Waals surface area contributed by atoms with E-state index in [-0.39, 0.29) is 4.90 Å². The number of benzene rings is 1. The highest BCUT2D eigenvalue weighted by Crippen LogP contribution is 2.21. The number of hydrogen-bond donors (Lipinski definition) is 1. The Morgan fingerprint density at radius 2 is 2.00 bits per heavy atom.